The summed E-state index contributed by atoms with van der Waals surface area (Å²) in [6.07, 6.45) is 0. The predicted molar refractivity (Wildman–Crippen MR) is 100 cm³/mol. The van der Waals surface area contributed by atoms with Crippen molar-refractivity contribution in [2.75, 3.05) is 0 Å². The van der Waals surface area contributed by atoms with Crippen LogP contribution in [-0.4, -0.2) is 27.8 Å². The fourth-order valence-corrected chi connectivity index (χ4v) is 2.83. The van der Waals surface area contributed by atoms with Gasteiger partial charge in [-0.2, -0.15) is 0 Å². The largest absolute Gasteiger partial charge is 0.347 e. The summed E-state index contributed by atoms with van der Waals surface area (Å²) in [5.41, 5.74) is 0.907. The molecule has 0 bridgehead atoms. The Morgan fingerprint density at radius 1 is 1.07 bits per heavy atom. The van der Waals surface area contributed by atoms with Crippen molar-refractivity contribution < 1.29 is 18.4 Å². The minimum Gasteiger partial charge on any atom is -0.347 e. The third kappa shape index (κ3) is 4.16. The van der Waals surface area contributed by atoms with Crippen LogP contribution in [0.5, 0.6) is 0 Å². The van der Waals surface area contributed by atoms with E-state index in [1.54, 1.807) is 13.8 Å². The Morgan fingerprint density at radius 3 is 2.39 bits per heavy atom. The molecule has 0 radical (unpaired) electrons. The lowest BCUT2D eigenvalue weighted by Crippen LogP contribution is -2.49. The summed E-state index contributed by atoms with van der Waals surface area (Å²) >= 11 is 0. The first kappa shape index (κ1) is 19.5. The van der Waals surface area contributed by atoms with Gasteiger partial charge in [-0.15, -0.1) is 0 Å². The Morgan fingerprint density at radius 2 is 1.75 bits per heavy atom. The Labute approximate surface area is 160 Å². The van der Waals surface area contributed by atoms with Crippen LogP contribution in [0.4, 0.5) is 8.78 Å². The Hall–Kier alpha value is -3.29. The number of hydrogen-bond acceptors (Lipinski definition) is 3. The summed E-state index contributed by atoms with van der Waals surface area (Å²) in [4.78, 5) is 32.3. The molecule has 1 atom stereocenters. The maximum absolute atomic E-state index is 13.8. The molecule has 1 aromatic heterocycles. The lowest BCUT2D eigenvalue weighted by molar-refractivity contribution is -0.124. The van der Waals surface area contributed by atoms with Crippen molar-refractivity contribution in [3.63, 3.8) is 0 Å². The van der Waals surface area contributed by atoms with Crippen molar-refractivity contribution in [3.05, 3.63) is 65.5 Å². The second-order valence-corrected chi connectivity index (χ2v) is 6.71. The molecule has 2 amide bonds. The fraction of sp³-hybridized carbons (Fsp3) is 0.250. The molecule has 0 spiro atoms. The molecular formula is C20H20F2N4O2. The number of amides is 2. The maximum Gasteiger partial charge on any atom is 0.257 e. The first-order valence-corrected chi connectivity index (χ1v) is 8.83. The number of hydrogen-bond donors (Lipinski definition) is 3. The quantitative estimate of drug-likeness (QED) is 0.609. The molecule has 8 heteroatoms. The van der Waals surface area contributed by atoms with Gasteiger partial charge >= 0.3 is 0 Å². The zero-order valence-corrected chi connectivity index (χ0v) is 15.4. The number of halogens is 2. The molecule has 3 rings (SSSR count). The number of imidazole rings is 1. The van der Waals surface area contributed by atoms with Crippen LogP contribution in [0.15, 0.2) is 42.5 Å². The summed E-state index contributed by atoms with van der Waals surface area (Å²) in [6, 6.07) is 9.63. The van der Waals surface area contributed by atoms with E-state index in [4.69, 9.17) is 0 Å². The number of carbonyl (C=O) groups excluding carboxylic acids is 2. The van der Waals surface area contributed by atoms with Gasteiger partial charge in [0.2, 0.25) is 5.91 Å². The van der Waals surface area contributed by atoms with E-state index in [9.17, 15) is 18.4 Å². The highest BCUT2D eigenvalue weighted by molar-refractivity contribution is 5.98. The molecule has 2 aromatic carbocycles. The Bertz CT molecular complexity index is 963. The number of H-pyrrole nitrogens is 1. The van der Waals surface area contributed by atoms with Crippen molar-refractivity contribution >= 4 is 22.8 Å². The summed E-state index contributed by atoms with van der Waals surface area (Å²) in [5, 5.41) is 5.11. The van der Waals surface area contributed by atoms with Gasteiger partial charge in [-0.25, -0.2) is 13.8 Å². The molecule has 1 unspecified atom stereocenters. The summed E-state index contributed by atoms with van der Waals surface area (Å²) in [6.45, 7) is 3.58. The standard InChI is InChI=1S/C20H20F2N4O2/c1-11(2)18(26-19(27)17-12(21)6-5-7-13(17)22)20(28)23-10-16-24-14-8-3-4-9-15(14)25-16/h3-9,11,18H,10H2,1-2H3,(H,23,28)(H,24,25)(H,26,27). The first-order chi connectivity index (χ1) is 13.4. The molecule has 3 aromatic rings. The van der Waals surface area contributed by atoms with E-state index >= 15 is 0 Å². The van der Waals surface area contributed by atoms with Crippen LogP contribution in [0.2, 0.25) is 0 Å². The number of carbonyl (C=O) groups is 2. The maximum atomic E-state index is 13.8. The van der Waals surface area contributed by atoms with Gasteiger partial charge in [0.1, 0.15) is 29.1 Å². The molecule has 0 saturated carbocycles. The van der Waals surface area contributed by atoms with Crippen molar-refractivity contribution in [3.8, 4) is 0 Å². The number of nitrogens with zero attached hydrogens (tertiary/aromatic N) is 1. The number of aromatic amines is 1. The first-order valence-electron chi connectivity index (χ1n) is 8.83. The Kier molecular flexibility index (Phi) is 5.67. The van der Waals surface area contributed by atoms with Gasteiger partial charge in [0.25, 0.3) is 5.91 Å². The molecule has 146 valence electrons. The van der Waals surface area contributed by atoms with E-state index in [0.717, 1.165) is 23.2 Å². The molecular weight excluding hydrogens is 366 g/mol. The molecule has 3 N–H and O–H groups in total. The van der Waals surface area contributed by atoms with Gasteiger partial charge < -0.3 is 15.6 Å². The van der Waals surface area contributed by atoms with Gasteiger partial charge in [-0.1, -0.05) is 32.0 Å². The highest BCUT2D eigenvalue weighted by Crippen LogP contribution is 2.14. The van der Waals surface area contributed by atoms with Crippen molar-refractivity contribution in [1.29, 1.82) is 0 Å². The monoisotopic (exact) mass is 386 g/mol. The highest BCUT2D eigenvalue weighted by Gasteiger charge is 2.27. The third-order valence-corrected chi connectivity index (χ3v) is 4.29. The minimum absolute atomic E-state index is 0.126. The van der Waals surface area contributed by atoms with Gasteiger partial charge in [-0.3, -0.25) is 9.59 Å². The lowest BCUT2D eigenvalue weighted by Gasteiger charge is -2.21. The highest BCUT2D eigenvalue weighted by atomic mass is 19.1. The van der Waals surface area contributed by atoms with Crippen LogP contribution < -0.4 is 10.6 Å². The van der Waals surface area contributed by atoms with Crippen LogP contribution in [0.3, 0.4) is 0 Å². The molecule has 0 aliphatic carbocycles. The molecule has 0 saturated heterocycles. The second kappa shape index (κ2) is 8.16. The predicted octanol–water partition coefficient (Wildman–Crippen LogP) is 2.91. The number of aromatic nitrogens is 2. The second-order valence-electron chi connectivity index (χ2n) is 6.71. The van der Waals surface area contributed by atoms with E-state index in [2.05, 4.69) is 20.6 Å². The third-order valence-electron chi connectivity index (χ3n) is 4.29. The number of nitrogens with one attached hydrogen (secondary N) is 3. The van der Waals surface area contributed by atoms with E-state index < -0.39 is 35.1 Å². The van der Waals surface area contributed by atoms with E-state index in [1.165, 1.54) is 6.07 Å². The number of fused-ring (bicyclic) bond motifs is 1. The SMILES string of the molecule is CC(C)C(NC(=O)c1c(F)cccc1F)C(=O)NCc1nc2ccccc2[nH]1. The van der Waals surface area contributed by atoms with Crippen LogP contribution >= 0.6 is 0 Å². The van der Waals surface area contributed by atoms with Crippen molar-refractivity contribution in [2.45, 2.75) is 26.4 Å². The van der Waals surface area contributed by atoms with Crippen LogP contribution in [0.1, 0.15) is 30.0 Å². The number of rotatable bonds is 6. The minimum atomic E-state index is -0.984. The zero-order valence-electron chi connectivity index (χ0n) is 15.4. The summed E-state index contributed by atoms with van der Waals surface area (Å²) < 4.78 is 27.6. The summed E-state index contributed by atoms with van der Waals surface area (Å²) in [5.74, 6) is -3.16. The van der Waals surface area contributed by atoms with Gasteiger partial charge in [0, 0.05) is 0 Å². The molecule has 1 heterocycles. The number of benzene rings is 2. The van der Waals surface area contributed by atoms with Gasteiger partial charge in [-0.05, 0) is 30.2 Å². The Balaban J connectivity index is 1.69. The van der Waals surface area contributed by atoms with Crippen LogP contribution in [0, 0.1) is 17.6 Å². The zero-order chi connectivity index (χ0) is 20.3. The fourth-order valence-electron chi connectivity index (χ4n) is 2.83. The van der Waals surface area contributed by atoms with E-state index in [0.29, 0.717) is 5.82 Å². The average Bonchev–Trinajstić information content (AvgIpc) is 3.06. The normalized spacial score (nSPS) is 12.2. The van der Waals surface area contributed by atoms with E-state index in [1.807, 2.05) is 24.3 Å². The molecule has 0 fully saturated rings. The molecule has 0 aliphatic rings. The topological polar surface area (TPSA) is 86.9 Å². The van der Waals surface area contributed by atoms with Crippen molar-refractivity contribution in [2.24, 2.45) is 5.92 Å². The molecule has 0 aliphatic heterocycles. The lowest BCUT2D eigenvalue weighted by atomic mass is 10.0. The number of para-hydroxylation sites is 2. The molecule has 6 nitrogen and oxygen atoms in total. The van der Waals surface area contributed by atoms with Crippen LogP contribution in [0.25, 0.3) is 11.0 Å². The summed E-state index contributed by atoms with van der Waals surface area (Å²) in [7, 11) is 0. The van der Waals surface area contributed by atoms with Gasteiger partial charge in [0.15, 0.2) is 0 Å². The molecule has 28 heavy (non-hydrogen) atoms. The van der Waals surface area contributed by atoms with E-state index in [-0.39, 0.29) is 12.5 Å². The smallest absolute Gasteiger partial charge is 0.257 e. The van der Waals surface area contributed by atoms with Crippen molar-refractivity contribution in [1.82, 2.24) is 20.6 Å². The van der Waals surface area contributed by atoms with Gasteiger partial charge in [0.05, 0.1) is 17.6 Å². The van der Waals surface area contributed by atoms with Crippen LogP contribution in [-0.2, 0) is 11.3 Å². The average molecular weight is 386 g/mol.